The van der Waals surface area contributed by atoms with Gasteiger partial charge < -0.3 is 15.4 Å². The molecule has 27 heavy (non-hydrogen) atoms. The molecule has 1 aromatic heterocycles. The number of anilines is 1. The van der Waals surface area contributed by atoms with Crippen molar-refractivity contribution in [3.05, 3.63) is 63.4 Å². The number of rotatable bonds is 7. The molecule has 0 radical (unpaired) electrons. The van der Waals surface area contributed by atoms with Gasteiger partial charge in [-0.15, -0.1) is 0 Å². The van der Waals surface area contributed by atoms with E-state index in [1.165, 1.54) is 42.6 Å². The first kappa shape index (κ1) is 19.8. The zero-order chi connectivity index (χ0) is 19.8. The van der Waals surface area contributed by atoms with Crippen LogP contribution in [0.1, 0.15) is 10.5 Å². The van der Waals surface area contributed by atoms with Crippen LogP contribution in [0, 0.1) is 10.1 Å². The summed E-state index contributed by atoms with van der Waals surface area (Å²) in [7, 11) is 0. The number of nitro benzene ring substituents is 1. The van der Waals surface area contributed by atoms with Gasteiger partial charge in [0.2, 0.25) is 0 Å². The van der Waals surface area contributed by atoms with Crippen LogP contribution in [0.5, 0.6) is 0 Å². The standard InChI is InChI=1S/C16H13ClN4O6/c17-10-5-6-18-12(7-10)16(24)19-8-15(23)27-9-14(22)20-11-3-1-2-4-13(11)21(25)26/h1-7H,8-9H2,(H,19,24)(H,20,22). The van der Waals surface area contributed by atoms with Crippen LogP contribution < -0.4 is 10.6 Å². The number of carbonyl (C=O) groups is 3. The van der Waals surface area contributed by atoms with E-state index in [0.29, 0.717) is 5.02 Å². The zero-order valence-corrected chi connectivity index (χ0v) is 14.4. The third-order valence-corrected chi connectivity index (χ3v) is 3.32. The second kappa shape index (κ2) is 9.25. The van der Waals surface area contributed by atoms with Crippen LogP contribution in [0.25, 0.3) is 0 Å². The highest BCUT2D eigenvalue weighted by atomic mass is 35.5. The number of nitrogens with zero attached hydrogens (tertiary/aromatic N) is 2. The molecule has 1 aromatic carbocycles. The summed E-state index contributed by atoms with van der Waals surface area (Å²) in [5.41, 5.74) is -0.299. The molecule has 10 nitrogen and oxygen atoms in total. The van der Waals surface area contributed by atoms with Crippen LogP contribution >= 0.6 is 11.6 Å². The van der Waals surface area contributed by atoms with Crippen LogP contribution in [0.15, 0.2) is 42.6 Å². The summed E-state index contributed by atoms with van der Waals surface area (Å²) in [6.45, 7) is -1.16. The first-order valence-corrected chi connectivity index (χ1v) is 7.83. The average molecular weight is 393 g/mol. The third kappa shape index (κ3) is 6.04. The SMILES string of the molecule is O=C(COC(=O)CNC(=O)c1cc(Cl)ccn1)Nc1ccccc1[N+](=O)[O-]. The molecule has 2 N–H and O–H groups in total. The van der Waals surface area contributed by atoms with Gasteiger partial charge in [-0.1, -0.05) is 23.7 Å². The molecule has 0 saturated heterocycles. The highest BCUT2D eigenvalue weighted by Crippen LogP contribution is 2.22. The molecule has 2 rings (SSSR count). The van der Waals surface area contributed by atoms with Crippen molar-refractivity contribution in [2.24, 2.45) is 0 Å². The lowest BCUT2D eigenvalue weighted by molar-refractivity contribution is -0.383. The highest BCUT2D eigenvalue weighted by Gasteiger charge is 2.16. The van der Waals surface area contributed by atoms with Gasteiger partial charge in [0.15, 0.2) is 6.61 Å². The quantitative estimate of drug-likeness (QED) is 0.413. The van der Waals surface area contributed by atoms with E-state index in [1.807, 2.05) is 0 Å². The van der Waals surface area contributed by atoms with E-state index in [2.05, 4.69) is 15.6 Å². The Morgan fingerprint density at radius 1 is 1.22 bits per heavy atom. The number of hydrogen-bond acceptors (Lipinski definition) is 7. The number of aromatic nitrogens is 1. The molecular weight excluding hydrogens is 380 g/mol. The lowest BCUT2D eigenvalue weighted by Crippen LogP contribution is -2.32. The average Bonchev–Trinajstić information content (AvgIpc) is 2.64. The Morgan fingerprint density at radius 2 is 1.96 bits per heavy atom. The van der Waals surface area contributed by atoms with Gasteiger partial charge in [0, 0.05) is 17.3 Å². The van der Waals surface area contributed by atoms with Crippen molar-refractivity contribution in [1.82, 2.24) is 10.3 Å². The number of hydrogen-bond donors (Lipinski definition) is 2. The minimum atomic E-state index is -0.872. The maximum atomic E-state index is 11.8. The number of para-hydroxylation sites is 2. The van der Waals surface area contributed by atoms with Crippen molar-refractivity contribution < 1.29 is 24.0 Å². The summed E-state index contributed by atoms with van der Waals surface area (Å²) in [5, 5.41) is 15.7. The summed E-state index contributed by atoms with van der Waals surface area (Å²) in [4.78, 5) is 49.2. The van der Waals surface area contributed by atoms with Crippen LogP contribution in [0.4, 0.5) is 11.4 Å². The molecular formula is C16H13ClN4O6. The Bertz CT molecular complexity index is 889. The number of nitrogens with one attached hydrogen (secondary N) is 2. The minimum Gasteiger partial charge on any atom is -0.454 e. The smallest absolute Gasteiger partial charge is 0.325 e. The summed E-state index contributed by atoms with van der Waals surface area (Å²) >= 11 is 5.74. The van der Waals surface area contributed by atoms with Crippen molar-refractivity contribution >= 4 is 40.8 Å². The molecule has 0 spiro atoms. The molecule has 1 heterocycles. The molecule has 0 saturated carbocycles. The van der Waals surface area contributed by atoms with Crippen molar-refractivity contribution in [3.8, 4) is 0 Å². The fourth-order valence-corrected chi connectivity index (χ4v) is 2.05. The van der Waals surface area contributed by atoms with Crippen LogP contribution in [-0.2, 0) is 14.3 Å². The van der Waals surface area contributed by atoms with Crippen LogP contribution in [0.2, 0.25) is 5.02 Å². The fourth-order valence-electron chi connectivity index (χ4n) is 1.89. The Balaban J connectivity index is 1.79. The number of esters is 1. The van der Waals surface area contributed by atoms with Crippen LogP contribution in [-0.4, -0.2) is 40.8 Å². The molecule has 0 atom stereocenters. The monoisotopic (exact) mass is 392 g/mol. The van der Waals surface area contributed by atoms with Crippen LogP contribution in [0.3, 0.4) is 0 Å². The molecule has 0 aliphatic rings. The Kier molecular flexibility index (Phi) is 6.78. The van der Waals surface area contributed by atoms with E-state index in [4.69, 9.17) is 16.3 Å². The zero-order valence-electron chi connectivity index (χ0n) is 13.7. The number of carbonyl (C=O) groups excluding carboxylic acids is 3. The number of halogens is 1. The summed E-state index contributed by atoms with van der Waals surface area (Å²) in [5.74, 6) is -2.28. The molecule has 0 unspecified atom stereocenters. The van der Waals surface area contributed by atoms with E-state index in [0.717, 1.165) is 0 Å². The second-order valence-electron chi connectivity index (χ2n) is 5.03. The van der Waals surface area contributed by atoms with Gasteiger partial charge in [0.25, 0.3) is 17.5 Å². The van der Waals surface area contributed by atoms with Crippen molar-refractivity contribution in [3.63, 3.8) is 0 Å². The number of nitro groups is 1. The molecule has 2 amide bonds. The lowest BCUT2D eigenvalue weighted by Gasteiger charge is -2.08. The van der Waals surface area contributed by atoms with Gasteiger partial charge in [0.05, 0.1) is 4.92 Å². The molecule has 0 aliphatic heterocycles. The molecule has 0 bridgehead atoms. The molecule has 0 aliphatic carbocycles. The number of ether oxygens (including phenoxy) is 1. The Morgan fingerprint density at radius 3 is 2.67 bits per heavy atom. The molecule has 140 valence electrons. The maximum Gasteiger partial charge on any atom is 0.325 e. The van der Waals surface area contributed by atoms with E-state index in [1.54, 1.807) is 0 Å². The predicted molar refractivity (Wildman–Crippen MR) is 94.3 cm³/mol. The summed E-state index contributed by atoms with van der Waals surface area (Å²) in [6, 6.07) is 8.33. The van der Waals surface area contributed by atoms with Gasteiger partial charge >= 0.3 is 5.97 Å². The van der Waals surface area contributed by atoms with E-state index in [-0.39, 0.29) is 17.1 Å². The Hall–Kier alpha value is -3.53. The Labute approximate surface area is 157 Å². The van der Waals surface area contributed by atoms with E-state index in [9.17, 15) is 24.5 Å². The number of benzene rings is 1. The first-order chi connectivity index (χ1) is 12.9. The van der Waals surface area contributed by atoms with Crippen molar-refractivity contribution in [2.45, 2.75) is 0 Å². The molecule has 2 aromatic rings. The predicted octanol–water partition coefficient (Wildman–Crippen LogP) is 1.55. The fraction of sp³-hybridized carbons (Fsp3) is 0.125. The highest BCUT2D eigenvalue weighted by molar-refractivity contribution is 6.30. The van der Waals surface area contributed by atoms with Gasteiger partial charge in [0.1, 0.15) is 17.9 Å². The topological polar surface area (TPSA) is 141 Å². The third-order valence-electron chi connectivity index (χ3n) is 3.09. The van der Waals surface area contributed by atoms with E-state index < -0.39 is 35.9 Å². The number of amides is 2. The molecule has 0 fully saturated rings. The lowest BCUT2D eigenvalue weighted by atomic mass is 10.2. The van der Waals surface area contributed by atoms with E-state index >= 15 is 0 Å². The largest absolute Gasteiger partial charge is 0.454 e. The minimum absolute atomic E-state index is 0.0180. The van der Waals surface area contributed by atoms with Gasteiger partial charge in [-0.2, -0.15) is 0 Å². The molecule has 11 heteroatoms. The maximum absolute atomic E-state index is 11.8. The first-order valence-electron chi connectivity index (χ1n) is 7.45. The summed E-state index contributed by atoms with van der Waals surface area (Å²) in [6.07, 6.45) is 1.34. The van der Waals surface area contributed by atoms with Gasteiger partial charge in [-0.05, 0) is 18.2 Å². The van der Waals surface area contributed by atoms with Crippen molar-refractivity contribution in [2.75, 3.05) is 18.5 Å². The second-order valence-corrected chi connectivity index (χ2v) is 5.46. The summed E-state index contributed by atoms with van der Waals surface area (Å²) < 4.78 is 4.70. The van der Waals surface area contributed by atoms with Gasteiger partial charge in [-0.25, -0.2) is 0 Å². The number of pyridine rings is 1. The van der Waals surface area contributed by atoms with Crippen molar-refractivity contribution in [1.29, 1.82) is 0 Å². The van der Waals surface area contributed by atoms with Gasteiger partial charge in [-0.3, -0.25) is 29.5 Å². The normalized spacial score (nSPS) is 9.96.